The minimum atomic E-state index is -5.02. The largest absolute Gasteiger partial charge is 0.433 e. The molecule has 202 valence electrons. The third kappa shape index (κ3) is 5.77. The molecule has 0 amide bonds. The van der Waals surface area contributed by atoms with Crippen LogP contribution in [0.4, 0.5) is 30.7 Å². The van der Waals surface area contributed by atoms with Gasteiger partial charge in [0.2, 0.25) is 10.0 Å². The third-order valence-electron chi connectivity index (χ3n) is 5.90. The first-order chi connectivity index (χ1) is 17.0. The van der Waals surface area contributed by atoms with Crippen LogP contribution in [0.1, 0.15) is 50.9 Å². The van der Waals surface area contributed by atoms with Crippen LogP contribution >= 0.6 is 0 Å². The summed E-state index contributed by atoms with van der Waals surface area (Å²) in [6.07, 6.45) is -5.95. The second kappa shape index (κ2) is 9.26. The van der Waals surface area contributed by atoms with Gasteiger partial charge in [-0.05, 0) is 36.5 Å². The fourth-order valence-corrected chi connectivity index (χ4v) is 5.74. The number of hydrogen-bond donors (Lipinski definition) is 1. The molecule has 1 aromatic carbocycles. The highest BCUT2D eigenvalue weighted by atomic mass is 32.2. The zero-order chi connectivity index (χ0) is 27.5. The molecule has 1 fully saturated rings. The van der Waals surface area contributed by atoms with Crippen LogP contribution in [0.2, 0.25) is 0 Å². The lowest BCUT2D eigenvalue weighted by atomic mass is 9.96. The zero-order valence-corrected chi connectivity index (χ0v) is 20.8. The van der Waals surface area contributed by atoms with Crippen molar-refractivity contribution >= 4 is 20.9 Å². The Morgan fingerprint density at radius 2 is 1.73 bits per heavy atom. The van der Waals surface area contributed by atoms with E-state index in [9.17, 15) is 34.8 Å². The Bertz CT molecular complexity index is 1440. The van der Waals surface area contributed by atoms with Gasteiger partial charge in [-0.2, -0.15) is 13.2 Å². The second-order valence-electron chi connectivity index (χ2n) is 10.3. The lowest BCUT2D eigenvalue weighted by Gasteiger charge is -2.20. The fraction of sp³-hybridized carbons (Fsp3) is 0.458. The van der Waals surface area contributed by atoms with Crippen LogP contribution in [0, 0.1) is 17.0 Å². The number of pyridine rings is 1. The fourth-order valence-electron chi connectivity index (χ4n) is 4.21. The van der Waals surface area contributed by atoms with Gasteiger partial charge in [-0.15, -0.1) is 0 Å². The number of nitrogens with one attached hydrogen (secondary N) is 1. The van der Waals surface area contributed by atoms with Crippen LogP contribution in [0.25, 0.3) is 22.0 Å². The molecular weight excluding hydrogens is 527 g/mol. The molecular formula is C24H24F7N3O2S. The summed E-state index contributed by atoms with van der Waals surface area (Å²) in [4.78, 5) is 3.10. The lowest BCUT2D eigenvalue weighted by Crippen LogP contribution is -2.35. The molecule has 0 saturated heterocycles. The third-order valence-corrected chi connectivity index (χ3v) is 7.83. The number of sulfonamides is 1. The summed E-state index contributed by atoms with van der Waals surface area (Å²) in [6.45, 7) is 5.64. The molecule has 1 aliphatic rings. The standard InChI is InChI=1S/C24H24F7N3O2S/c1-23(2,3)11-34-10-17(20(22(27)28)33-37(35,36)13-4-5-13)15-7-18(26)14(8-19(15)34)16-6-12(25)9-32-21(16)24(29,30)31/h6-10,13,20,22,33H,4-5,11H2,1-3H3/t20-/m0/s1. The molecule has 0 unspecified atom stereocenters. The van der Waals surface area contributed by atoms with Crippen molar-refractivity contribution in [1.29, 1.82) is 0 Å². The van der Waals surface area contributed by atoms with Crippen molar-refractivity contribution < 1.29 is 39.2 Å². The molecule has 0 radical (unpaired) electrons. The first-order valence-corrected chi connectivity index (χ1v) is 12.9. The van der Waals surface area contributed by atoms with E-state index in [1.807, 2.05) is 25.5 Å². The van der Waals surface area contributed by atoms with Gasteiger partial charge in [0.25, 0.3) is 6.43 Å². The van der Waals surface area contributed by atoms with E-state index >= 15 is 4.39 Å². The first-order valence-electron chi connectivity index (χ1n) is 11.3. The van der Waals surface area contributed by atoms with Gasteiger partial charge in [0.1, 0.15) is 17.7 Å². The summed E-state index contributed by atoms with van der Waals surface area (Å²) >= 11 is 0. The molecule has 1 atom stereocenters. The molecule has 4 rings (SSSR count). The number of hydrogen-bond acceptors (Lipinski definition) is 3. The molecule has 0 spiro atoms. The van der Waals surface area contributed by atoms with Crippen LogP contribution in [0.5, 0.6) is 0 Å². The van der Waals surface area contributed by atoms with Gasteiger partial charge in [-0.25, -0.2) is 35.7 Å². The SMILES string of the molecule is CC(C)(C)Cn1cc([C@H](NS(=O)(=O)C2CC2)C(F)F)c2cc(F)c(-c3cc(F)cnc3C(F)(F)F)cc21. The van der Waals surface area contributed by atoms with E-state index in [2.05, 4.69) is 4.98 Å². The van der Waals surface area contributed by atoms with E-state index < -0.39 is 67.8 Å². The highest BCUT2D eigenvalue weighted by molar-refractivity contribution is 7.90. The van der Waals surface area contributed by atoms with Gasteiger partial charge in [0.05, 0.1) is 11.4 Å². The van der Waals surface area contributed by atoms with Crippen molar-refractivity contribution in [3.8, 4) is 11.1 Å². The predicted molar refractivity (Wildman–Crippen MR) is 123 cm³/mol. The van der Waals surface area contributed by atoms with Crippen LogP contribution in [-0.4, -0.2) is 29.6 Å². The summed E-state index contributed by atoms with van der Waals surface area (Å²) in [6, 6.07) is 0.277. The average Bonchev–Trinajstić information content (AvgIpc) is 3.55. The van der Waals surface area contributed by atoms with Crippen molar-refractivity contribution in [2.75, 3.05) is 0 Å². The predicted octanol–water partition coefficient (Wildman–Crippen LogP) is 6.43. The average molecular weight is 552 g/mol. The smallest absolute Gasteiger partial charge is 0.347 e. The van der Waals surface area contributed by atoms with E-state index in [1.54, 1.807) is 0 Å². The molecule has 5 nitrogen and oxygen atoms in total. The number of rotatable bonds is 7. The van der Waals surface area contributed by atoms with Gasteiger partial charge in [-0.3, -0.25) is 0 Å². The Morgan fingerprint density at radius 3 is 2.27 bits per heavy atom. The molecule has 2 aromatic heterocycles. The molecule has 3 aromatic rings. The number of fused-ring (bicyclic) bond motifs is 1. The minimum Gasteiger partial charge on any atom is -0.347 e. The van der Waals surface area contributed by atoms with Gasteiger partial charge >= 0.3 is 6.18 Å². The van der Waals surface area contributed by atoms with Gasteiger partial charge < -0.3 is 4.57 Å². The van der Waals surface area contributed by atoms with Crippen LogP contribution in [0.3, 0.4) is 0 Å². The van der Waals surface area contributed by atoms with Gasteiger partial charge in [-0.1, -0.05) is 20.8 Å². The van der Waals surface area contributed by atoms with Crippen LogP contribution in [-0.2, 0) is 22.7 Å². The molecule has 1 saturated carbocycles. The van der Waals surface area contributed by atoms with Crippen LogP contribution < -0.4 is 4.72 Å². The number of benzene rings is 1. The van der Waals surface area contributed by atoms with Crippen molar-refractivity contribution in [3.05, 3.63) is 53.5 Å². The lowest BCUT2D eigenvalue weighted by molar-refractivity contribution is -0.140. The maximum Gasteiger partial charge on any atom is 0.433 e. The van der Waals surface area contributed by atoms with E-state index in [0.717, 1.165) is 12.1 Å². The molecule has 0 aliphatic heterocycles. The number of halogens is 7. The second-order valence-corrected chi connectivity index (χ2v) is 12.3. The Balaban J connectivity index is 1.96. The van der Waals surface area contributed by atoms with Gasteiger partial charge in [0, 0.05) is 40.3 Å². The van der Waals surface area contributed by atoms with Crippen molar-refractivity contribution in [3.63, 3.8) is 0 Å². The summed E-state index contributed by atoms with van der Waals surface area (Å²) in [7, 11) is -4.07. The maximum absolute atomic E-state index is 15.3. The van der Waals surface area contributed by atoms with Crippen molar-refractivity contribution in [2.45, 2.75) is 64.1 Å². The quantitative estimate of drug-likeness (QED) is 0.344. The molecule has 0 bridgehead atoms. The Hall–Kier alpha value is -2.67. The normalized spacial score (nSPS) is 16.1. The van der Waals surface area contributed by atoms with Crippen molar-refractivity contribution in [1.82, 2.24) is 14.3 Å². The summed E-state index contributed by atoms with van der Waals surface area (Å²) < 4.78 is 127. The molecule has 1 aliphatic carbocycles. The summed E-state index contributed by atoms with van der Waals surface area (Å²) in [5, 5.41) is -0.895. The zero-order valence-electron chi connectivity index (χ0n) is 20.0. The highest BCUT2D eigenvalue weighted by Gasteiger charge is 2.40. The van der Waals surface area contributed by atoms with E-state index in [1.165, 1.54) is 10.8 Å². The molecule has 37 heavy (non-hydrogen) atoms. The topological polar surface area (TPSA) is 64.0 Å². The summed E-state index contributed by atoms with van der Waals surface area (Å²) in [5.41, 5.74) is -3.59. The highest BCUT2D eigenvalue weighted by Crippen LogP contribution is 2.41. The Kier molecular flexibility index (Phi) is 6.85. The van der Waals surface area contributed by atoms with Crippen molar-refractivity contribution in [2.24, 2.45) is 5.41 Å². The monoisotopic (exact) mass is 551 g/mol. The maximum atomic E-state index is 15.3. The summed E-state index contributed by atoms with van der Waals surface area (Å²) in [5.74, 6) is -2.36. The molecule has 1 N–H and O–H groups in total. The Morgan fingerprint density at radius 1 is 1.08 bits per heavy atom. The van der Waals surface area contributed by atoms with E-state index in [0.29, 0.717) is 25.1 Å². The number of nitrogens with zero attached hydrogens (tertiary/aromatic N) is 2. The first kappa shape index (κ1) is 27.4. The molecule has 2 heterocycles. The van der Waals surface area contributed by atoms with E-state index in [-0.39, 0.29) is 23.0 Å². The number of aromatic nitrogens is 2. The Labute approximate surface area is 208 Å². The molecule has 13 heteroatoms. The van der Waals surface area contributed by atoms with E-state index in [4.69, 9.17) is 0 Å². The van der Waals surface area contributed by atoms with Crippen LogP contribution in [0.15, 0.2) is 30.6 Å². The minimum absolute atomic E-state index is 0.0787. The number of alkyl halides is 5. The van der Waals surface area contributed by atoms with Gasteiger partial charge in [0.15, 0.2) is 5.69 Å².